The molecule has 2 heterocycles. The van der Waals surface area contributed by atoms with Gasteiger partial charge in [0.15, 0.2) is 11.6 Å². The van der Waals surface area contributed by atoms with Gasteiger partial charge in [-0.2, -0.15) is 0 Å². The molecule has 0 aliphatic carbocycles. The van der Waals surface area contributed by atoms with Gasteiger partial charge in [0.25, 0.3) is 0 Å². The van der Waals surface area contributed by atoms with E-state index in [0.717, 1.165) is 0 Å². The highest BCUT2D eigenvalue weighted by atomic mass is 16.7. The molecule has 0 radical (unpaired) electrons. The van der Waals surface area contributed by atoms with Crippen LogP contribution in [-0.4, -0.2) is 37.0 Å². The fraction of sp³-hybridized carbons (Fsp3) is 0.833. The highest BCUT2D eigenvalue weighted by Gasteiger charge is 2.33. The van der Waals surface area contributed by atoms with Crippen LogP contribution in [0.4, 0.5) is 0 Å². The predicted octanol–water partition coefficient (Wildman–Crippen LogP) is 1.85. The van der Waals surface area contributed by atoms with E-state index in [-0.39, 0.29) is 12.2 Å². The van der Waals surface area contributed by atoms with E-state index in [1.165, 1.54) is 0 Å². The molecule has 0 amide bonds. The van der Waals surface area contributed by atoms with Gasteiger partial charge in [-0.05, 0) is 27.7 Å². The normalized spacial score (nSPS) is 37.2. The molecule has 2 fully saturated rings. The molecule has 0 spiro atoms. The molecule has 0 aromatic rings. The number of hydrogen-bond acceptors (Lipinski definition) is 4. The van der Waals surface area contributed by atoms with Crippen LogP contribution in [0.5, 0.6) is 0 Å². The minimum absolute atomic E-state index is 0.0160. The fourth-order valence-corrected chi connectivity index (χ4v) is 1.87. The second kappa shape index (κ2) is 4.11. The molecule has 4 heteroatoms. The highest BCUT2D eigenvalue weighted by molar-refractivity contribution is 4.99. The zero-order valence-electron chi connectivity index (χ0n) is 10.4. The third kappa shape index (κ3) is 3.04. The third-order valence-electron chi connectivity index (χ3n) is 2.60. The van der Waals surface area contributed by atoms with E-state index < -0.39 is 11.6 Å². The molecule has 4 nitrogen and oxygen atoms in total. The Morgan fingerprint density at radius 3 is 1.44 bits per heavy atom. The van der Waals surface area contributed by atoms with Crippen molar-refractivity contribution in [3.63, 3.8) is 0 Å². The van der Waals surface area contributed by atoms with Crippen LogP contribution in [0.2, 0.25) is 0 Å². The van der Waals surface area contributed by atoms with Gasteiger partial charge in [-0.3, -0.25) is 0 Å². The first-order chi connectivity index (χ1) is 7.36. The van der Waals surface area contributed by atoms with E-state index in [1.54, 1.807) is 0 Å². The predicted molar refractivity (Wildman–Crippen MR) is 58.9 cm³/mol. The van der Waals surface area contributed by atoms with Crippen LogP contribution in [0.1, 0.15) is 27.7 Å². The molecule has 2 atom stereocenters. The van der Waals surface area contributed by atoms with Crippen molar-refractivity contribution in [2.45, 2.75) is 51.5 Å². The standard InChI is InChI=1S/C12H20O4/c1-11(2)13-7-9(15-11)5-6-10-8-14-12(3,4)16-10/h5-6,9-10H,7-8H2,1-4H3/b6-5+/t9-,10-/m1/s1. The lowest BCUT2D eigenvalue weighted by Gasteiger charge is -2.16. The summed E-state index contributed by atoms with van der Waals surface area (Å²) in [5, 5.41) is 0. The van der Waals surface area contributed by atoms with E-state index in [2.05, 4.69) is 0 Å². The van der Waals surface area contributed by atoms with Crippen molar-refractivity contribution in [2.24, 2.45) is 0 Å². The van der Waals surface area contributed by atoms with Crippen LogP contribution in [0.3, 0.4) is 0 Å². The van der Waals surface area contributed by atoms with Crippen molar-refractivity contribution in [2.75, 3.05) is 13.2 Å². The average molecular weight is 228 g/mol. The summed E-state index contributed by atoms with van der Waals surface area (Å²) in [6.45, 7) is 8.86. The number of rotatable bonds is 2. The van der Waals surface area contributed by atoms with E-state index in [9.17, 15) is 0 Å². The lowest BCUT2D eigenvalue weighted by atomic mass is 10.2. The van der Waals surface area contributed by atoms with E-state index in [4.69, 9.17) is 18.9 Å². The molecule has 0 N–H and O–H groups in total. The first kappa shape index (κ1) is 12.0. The fourth-order valence-electron chi connectivity index (χ4n) is 1.87. The molecule has 0 saturated carbocycles. The summed E-state index contributed by atoms with van der Waals surface area (Å²) in [6.07, 6.45) is 4.01. The molecule has 2 rings (SSSR count). The minimum Gasteiger partial charge on any atom is -0.347 e. The van der Waals surface area contributed by atoms with Crippen molar-refractivity contribution in [3.8, 4) is 0 Å². The van der Waals surface area contributed by atoms with Gasteiger partial charge >= 0.3 is 0 Å². The molecule has 0 unspecified atom stereocenters. The molecule has 16 heavy (non-hydrogen) atoms. The van der Waals surface area contributed by atoms with Crippen LogP contribution < -0.4 is 0 Å². The topological polar surface area (TPSA) is 36.9 Å². The van der Waals surface area contributed by atoms with E-state index in [1.807, 2.05) is 39.8 Å². The second-order valence-corrected chi connectivity index (χ2v) is 5.12. The Bertz CT molecular complexity index is 255. The highest BCUT2D eigenvalue weighted by Crippen LogP contribution is 2.25. The van der Waals surface area contributed by atoms with Crippen molar-refractivity contribution >= 4 is 0 Å². The van der Waals surface area contributed by atoms with Gasteiger partial charge in [-0.1, -0.05) is 12.2 Å². The Hall–Kier alpha value is -0.420. The van der Waals surface area contributed by atoms with E-state index in [0.29, 0.717) is 13.2 Å². The molecule has 2 aliphatic heterocycles. The number of hydrogen-bond donors (Lipinski definition) is 0. The summed E-state index contributed by atoms with van der Waals surface area (Å²) in [4.78, 5) is 0. The zero-order valence-corrected chi connectivity index (χ0v) is 10.4. The third-order valence-corrected chi connectivity index (χ3v) is 2.60. The maximum Gasteiger partial charge on any atom is 0.163 e. The Kier molecular flexibility index (Phi) is 3.09. The maximum absolute atomic E-state index is 5.66. The second-order valence-electron chi connectivity index (χ2n) is 5.12. The smallest absolute Gasteiger partial charge is 0.163 e. The van der Waals surface area contributed by atoms with Crippen LogP contribution in [0.15, 0.2) is 12.2 Å². The molecule has 2 saturated heterocycles. The lowest BCUT2D eigenvalue weighted by Crippen LogP contribution is -2.21. The molecule has 2 aliphatic rings. The summed E-state index contributed by atoms with van der Waals surface area (Å²) in [7, 11) is 0. The molecule has 92 valence electrons. The molecule has 0 aromatic heterocycles. The van der Waals surface area contributed by atoms with Crippen molar-refractivity contribution in [3.05, 3.63) is 12.2 Å². The Balaban J connectivity index is 1.82. The van der Waals surface area contributed by atoms with Crippen LogP contribution in [0, 0.1) is 0 Å². The van der Waals surface area contributed by atoms with Gasteiger partial charge < -0.3 is 18.9 Å². The van der Waals surface area contributed by atoms with Gasteiger partial charge in [-0.25, -0.2) is 0 Å². The van der Waals surface area contributed by atoms with E-state index >= 15 is 0 Å². The Morgan fingerprint density at radius 2 is 1.19 bits per heavy atom. The summed E-state index contributed by atoms with van der Waals surface area (Å²) < 4.78 is 22.2. The van der Waals surface area contributed by atoms with Crippen LogP contribution in [0.25, 0.3) is 0 Å². The first-order valence-corrected chi connectivity index (χ1v) is 5.68. The first-order valence-electron chi connectivity index (χ1n) is 5.68. The van der Waals surface area contributed by atoms with Gasteiger partial charge in [-0.15, -0.1) is 0 Å². The summed E-state index contributed by atoms with van der Waals surface area (Å²) in [5.41, 5.74) is 0. The van der Waals surface area contributed by atoms with Crippen LogP contribution in [-0.2, 0) is 18.9 Å². The SMILES string of the molecule is CC1(C)OC[C@@H](/C=C/[C@@H]2COC(C)(C)O2)O1. The molecular weight excluding hydrogens is 208 g/mol. The van der Waals surface area contributed by atoms with Crippen LogP contribution >= 0.6 is 0 Å². The van der Waals surface area contributed by atoms with Gasteiger partial charge in [0.1, 0.15) is 12.2 Å². The Morgan fingerprint density at radius 1 is 0.812 bits per heavy atom. The van der Waals surface area contributed by atoms with Crippen molar-refractivity contribution in [1.29, 1.82) is 0 Å². The summed E-state index contributed by atoms with van der Waals surface area (Å²) >= 11 is 0. The lowest BCUT2D eigenvalue weighted by molar-refractivity contribution is -0.135. The van der Waals surface area contributed by atoms with Gasteiger partial charge in [0.2, 0.25) is 0 Å². The quantitative estimate of drug-likeness (QED) is 0.676. The maximum atomic E-state index is 5.66. The van der Waals surface area contributed by atoms with Crippen molar-refractivity contribution in [1.82, 2.24) is 0 Å². The van der Waals surface area contributed by atoms with Crippen molar-refractivity contribution < 1.29 is 18.9 Å². The molecule has 0 aromatic carbocycles. The zero-order chi connectivity index (χ0) is 11.8. The molecule has 0 bridgehead atoms. The van der Waals surface area contributed by atoms with Gasteiger partial charge in [0.05, 0.1) is 13.2 Å². The average Bonchev–Trinajstić information content (AvgIpc) is 2.66. The molecular formula is C12H20O4. The summed E-state index contributed by atoms with van der Waals surface area (Å²) in [6, 6.07) is 0. The monoisotopic (exact) mass is 228 g/mol. The largest absolute Gasteiger partial charge is 0.347 e. The minimum atomic E-state index is -0.471. The number of ether oxygens (including phenoxy) is 4. The summed E-state index contributed by atoms with van der Waals surface area (Å²) in [5.74, 6) is -0.942. The Labute approximate surface area is 96.5 Å². The van der Waals surface area contributed by atoms with Gasteiger partial charge in [0, 0.05) is 0 Å².